The van der Waals surface area contributed by atoms with E-state index in [0.29, 0.717) is 18.7 Å². The van der Waals surface area contributed by atoms with Crippen LogP contribution in [0.5, 0.6) is 0 Å². The molecule has 0 amide bonds. The summed E-state index contributed by atoms with van der Waals surface area (Å²) in [7, 11) is 2.02. The Balaban J connectivity index is 1.67. The molecule has 28 heavy (non-hydrogen) atoms. The van der Waals surface area contributed by atoms with Crippen LogP contribution in [0.1, 0.15) is 21.5 Å². The van der Waals surface area contributed by atoms with E-state index < -0.39 is 0 Å². The molecule has 140 valence electrons. The fourth-order valence-electron chi connectivity index (χ4n) is 3.46. The summed E-state index contributed by atoms with van der Waals surface area (Å²) in [5, 5.41) is 0. The van der Waals surface area contributed by atoms with Crippen LogP contribution in [0.4, 0.5) is 5.69 Å². The normalized spacial score (nSPS) is 18.2. The van der Waals surface area contributed by atoms with Gasteiger partial charge in [0.15, 0.2) is 0 Å². The van der Waals surface area contributed by atoms with Crippen LogP contribution in [-0.4, -0.2) is 37.9 Å². The van der Waals surface area contributed by atoms with E-state index in [4.69, 9.17) is 9.73 Å². The third-order valence-electron chi connectivity index (χ3n) is 4.83. The molecule has 0 N–H and O–H groups in total. The van der Waals surface area contributed by atoms with Crippen LogP contribution in [0.15, 0.2) is 89.9 Å². The summed E-state index contributed by atoms with van der Waals surface area (Å²) in [6.45, 7) is 1.00. The second kappa shape index (κ2) is 8.09. The Bertz CT molecular complexity index is 984. The molecule has 0 bridgehead atoms. The monoisotopic (exact) mass is 370 g/mol. The SMILES string of the molecule is CN1CC(OC(=O)c2ccccc2)C/N=C(/c2ccccc2)c2ccccc21. The molecule has 1 aliphatic heterocycles. The molecule has 0 saturated carbocycles. The Morgan fingerprint density at radius 3 is 2.32 bits per heavy atom. The predicted octanol–water partition coefficient (Wildman–Crippen LogP) is 4.20. The summed E-state index contributed by atoms with van der Waals surface area (Å²) in [6, 6.07) is 27.4. The van der Waals surface area contributed by atoms with Crippen molar-refractivity contribution in [2.45, 2.75) is 6.10 Å². The number of hydrogen-bond donors (Lipinski definition) is 0. The molecule has 0 saturated heterocycles. The number of rotatable bonds is 3. The molecule has 0 radical (unpaired) electrons. The van der Waals surface area contributed by atoms with E-state index in [1.807, 2.05) is 55.6 Å². The summed E-state index contributed by atoms with van der Waals surface area (Å²) in [4.78, 5) is 19.5. The van der Waals surface area contributed by atoms with Crippen molar-refractivity contribution in [1.82, 2.24) is 0 Å². The lowest BCUT2D eigenvalue weighted by atomic mass is 9.99. The Morgan fingerprint density at radius 1 is 0.929 bits per heavy atom. The van der Waals surface area contributed by atoms with Crippen LogP contribution in [0.3, 0.4) is 0 Å². The average molecular weight is 370 g/mol. The number of esters is 1. The molecule has 0 aliphatic carbocycles. The summed E-state index contributed by atoms with van der Waals surface area (Å²) >= 11 is 0. The predicted molar refractivity (Wildman–Crippen MR) is 112 cm³/mol. The highest BCUT2D eigenvalue weighted by atomic mass is 16.5. The molecular weight excluding hydrogens is 348 g/mol. The summed E-state index contributed by atoms with van der Waals surface area (Å²) in [6.07, 6.45) is -0.329. The third kappa shape index (κ3) is 3.81. The molecule has 4 nitrogen and oxygen atoms in total. The summed E-state index contributed by atoms with van der Waals surface area (Å²) in [5.74, 6) is -0.315. The van der Waals surface area contributed by atoms with Gasteiger partial charge in [-0.1, -0.05) is 66.7 Å². The van der Waals surface area contributed by atoms with Crippen molar-refractivity contribution in [3.8, 4) is 0 Å². The molecule has 1 heterocycles. The number of anilines is 1. The molecule has 0 fully saturated rings. The van der Waals surface area contributed by atoms with Gasteiger partial charge in [0.1, 0.15) is 6.10 Å². The van der Waals surface area contributed by atoms with Gasteiger partial charge < -0.3 is 9.64 Å². The smallest absolute Gasteiger partial charge is 0.338 e. The maximum absolute atomic E-state index is 12.5. The van der Waals surface area contributed by atoms with Gasteiger partial charge in [0.05, 0.1) is 24.4 Å². The fourth-order valence-corrected chi connectivity index (χ4v) is 3.46. The number of para-hydroxylation sites is 1. The lowest BCUT2D eigenvalue weighted by molar-refractivity contribution is 0.0337. The van der Waals surface area contributed by atoms with E-state index in [1.54, 1.807) is 12.1 Å². The van der Waals surface area contributed by atoms with Crippen molar-refractivity contribution in [2.24, 2.45) is 4.99 Å². The second-order valence-electron chi connectivity index (χ2n) is 6.85. The van der Waals surface area contributed by atoms with Crippen molar-refractivity contribution in [3.63, 3.8) is 0 Å². The first-order valence-electron chi connectivity index (χ1n) is 9.39. The number of ether oxygens (including phenoxy) is 1. The number of benzene rings is 3. The summed E-state index contributed by atoms with van der Waals surface area (Å²) in [5.41, 5.74) is 4.69. The van der Waals surface area contributed by atoms with Gasteiger partial charge in [-0.05, 0) is 18.2 Å². The van der Waals surface area contributed by atoms with Crippen molar-refractivity contribution in [3.05, 3.63) is 102 Å². The first kappa shape index (κ1) is 18.0. The van der Waals surface area contributed by atoms with Gasteiger partial charge in [-0.2, -0.15) is 0 Å². The minimum Gasteiger partial charge on any atom is -0.455 e. The van der Waals surface area contributed by atoms with E-state index in [2.05, 4.69) is 29.2 Å². The van der Waals surface area contributed by atoms with Gasteiger partial charge in [-0.3, -0.25) is 4.99 Å². The zero-order valence-electron chi connectivity index (χ0n) is 15.8. The maximum atomic E-state index is 12.5. The van der Waals surface area contributed by atoms with E-state index in [0.717, 1.165) is 22.5 Å². The number of carbonyl (C=O) groups excluding carboxylic acids is 1. The maximum Gasteiger partial charge on any atom is 0.338 e. The first-order valence-corrected chi connectivity index (χ1v) is 9.39. The minimum absolute atomic E-state index is 0.315. The van der Waals surface area contributed by atoms with Crippen LogP contribution >= 0.6 is 0 Å². The average Bonchev–Trinajstić information content (AvgIpc) is 2.74. The number of nitrogens with zero attached hydrogens (tertiary/aromatic N) is 2. The fraction of sp³-hybridized carbons (Fsp3) is 0.167. The highest BCUT2D eigenvalue weighted by molar-refractivity contribution is 6.16. The highest BCUT2D eigenvalue weighted by Gasteiger charge is 2.23. The van der Waals surface area contributed by atoms with Crippen LogP contribution in [0, 0.1) is 0 Å². The van der Waals surface area contributed by atoms with Crippen molar-refractivity contribution in [1.29, 1.82) is 0 Å². The Labute approximate surface area is 165 Å². The molecule has 0 aromatic heterocycles. The Morgan fingerprint density at radius 2 is 1.57 bits per heavy atom. The van der Waals surface area contributed by atoms with Crippen LogP contribution < -0.4 is 4.90 Å². The number of fused-ring (bicyclic) bond motifs is 1. The van der Waals surface area contributed by atoms with Gasteiger partial charge in [0.2, 0.25) is 0 Å². The van der Waals surface area contributed by atoms with Gasteiger partial charge in [-0.25, -0.2) is 4.79 Å². The van der Waals surface area contributed by atoms with E-state index in [9.17, 15) is 4.79 Å². The molecule has 1 unspecified atom stereocenters. The van der Waals surface area contributed by atoms with Crippen LogP contribution in [-0.2, 0) is 4.74 Å². The molecular formula is C24H22N2O2. The lowest BCUT2D eigenvalue weighted by Gasteiger charge is -2.29. The number of aliphatic imine (C=N–C) groups is 1. The molecule has 1 aliphatic rings. The van der Waals surface area contributed by atoms with E-state index >= 15 is 0 Å². The van der Waals surface area contributed by atoms with Gasteiger partial charge >= 0.3 is 5.97 Å². The van der Waals surface area contributed by atoms with Crippen molar-refractivity contribution >= 4 is 17.4 Å². The Kier molecular flexibility index (Phi) is 5.20. The van der Waals surface area contributed by atoms with Crippen molar-refractivity contribution in [2.75, 3.05) is 25.0 Å². The zero-order valence-corrected chi connectivity index (χ0v) is 15.8. The van der Waals surface area contributed by atoms with Crippen LogP contribution in [0.25, 0.3) is 0 Å². The number of hydrogen-bond acceptors (Lipinski definition) is 4. The lowest BCUT2D eigenvalue weighted by Crippen LogP contribution is -2.37. The minimum atomic E-state index is -0.329. The molecule has 4 heteroatoms. The summed E-state index contributed by atoms with van der Waals surface area (Å²) < 4.78 is 5.79. The molecule has 4 rings (SSSR count). The van der Waals surface area contributed by atoms with Gasteiger partial charge in [0, 0.05) is 23.9 Å². The largest absolute Gasteiger partial charge is 0.455 e. The van der Waals surface area contributed by atoms with Crippen molar-refractivity contribution < 1.29 is 9.53 Å². The van der Waals surface area contributed by atoms with Crippen LogP contribution in [0.2, 0.25) is 0 Å². The topological polar surface area (TPSA) is 41.9 Å². The Hall–Kier alpha value is -3.40. The zero-order chi connectivity index (χ0) is 19.3. The first-order chi connectivity index (χ1) is 13.7. The third-order valence-corrected chi connectivity index (χ3v) is 4.83. The highest BCUT2D eigenvalue weighted by Crippen LogP contribution is 2.25. The molecule has 0 spiro atoms. The quantitative estimate of drug-likeness (QED) is 0.649. The molecule has 3 aromatic rings. The number of likely N-dealkylation sites (N-methyl/N-ethyl adjacent to an activating group) is 1. The molecule has 3 aromatic carbocycles. The standard InChI is InChI=1S/C24H22N2O2/c1-26-17-20(28-24(27)19-12-6-3-7-13-19)16-25-23(18-10-4-2-5-11-18)21-14-8-9-15-22(21)26/h2-15,20H,16-17H2,1H3/b25-23-. The van der Waals surface area contributed by atoms with Gasteiger partial charge in [0.25, 0.3) is 0 Å². The second-order valence-corrected chi connectivity index (χ2v) is 6.85. The van der Waals surface area contributed by atoms with E-state index in [1.165, 1.54) is 0 Å². The van der Waals surface area contributed by atoms with Gasteiger partial charge in [-0.15, -0.1) is 0 Å². The number of carbonyl (C=O) groups is 1. The van der Waals surface area contributed by atoms with E-state index in [-0.39, 0.29) is 12.1 Å². The molecule has 1 atom stereocenters.